The summed E-state index contributed by atoms with van der Waals surface area (Å²) in [6.07, 6.45) is 0. The van der Waals surface area contributed by atoms with Crippen LogP contribution in [0.2, 0.25) is 0 Å². The van der Waals surface area contributed by atoms with Crippen LogP contribution in [0.15, 0.2) is 158 Å². The van der Waals surface area contributed by atoms with Gasteiger partial charge in [0.25, 0.3) is 0 Å². The number of nitrogens with zero attached hydrogens (tertiary/aromatic N) is 1. The van der Waals surface area contributed by atoms with Crippen molar-refractivity contribution in [3.63, 3.8) is 0 Å². The second kappa shape index (κ2) is 9.75. The normalized spacial score (nSPS) is 12.7. The maximum atomic E-state index is 7.02. The minimum atomic E-state index is -0.284. The highest BCUT2D eigenvalue weighted by molar-refractivity contribution is 6.84. The van der Waals surface area contributed by atoms with E-state index in [1.807, 2.05) is 6.07 Å². The number of fused-ring (bicyclic) bond motifs is 7. The van der Waals surface area contributed by atoms with Gasteiger partial charge < -0.3 is 14.0 Å². The Balaban J connectivity index is 1.11. The van der Waals surface area contributed by atoms with Crippen LogP contribution in [-0.4, -0.2) is 11.5 Å². The van der Waals surface area contributed by atoms with Crippen molar-refractivity contribution in [2.75, 3.05) is 0 Å². The van der Waals surface area contributed by atoms with Gasteiger partial charge in [0.2, 0.25) is 0 Å². The van der Waals surface area contributed by atoms with Gasteiger partial charge in [0.05, 0.1) is 11.0 Å². The van der Waals surface area contributed by atoms with Crippen LogP contribution < -0.4 is 20.3 Å². The van der Waals surface area contributed by atoms with Crippen LogP contribution in [0, 0.1) is 0 Å². The molecular formula is C42H26BNO2. The van der Waals surface area contributed by atoms with Crippen molar-refractivity contribution in [2.24, 2.45) is 0 Å². The second-order valence-corrected chi connectivity index (χ2v) is 12.1. The van der Waals surface area contributed by atoms with Gasteiger partial charge in [-0.2, -0.15) is 0 Å². The predicted molar refractivity (Wildman–Crippen MR) is 189 cm³/mol. The van der Waals surface area contributed by atoms with E-state index in [1.165, 1.54) is 32.9 Å². The van der Waals surface area contributed by atoms with Crippen molar-refractivity contribution in [2.45, 2.75) is 0 Å². The fourth-order valence-corrected chi connectivity index (χ4v) is 7.37. The molecule has 0 bridgehead atoms. The molecule has 0 unspecified atom stereocenters. The first-order chi connectivity index (χ1) is 22.8. The molecule has 46 heavy (non-hydrogen) atoms. The quantitative estimate of drug-likeness (QED) is 0.192. The molecule has 0 saturated heterocycles. The Kier molecular flexibility index (Phi) is 5.37. The third kappa shape index (κ3) is 3.74. The monoisotopic (exact) mass is 587 g/mol. The highest BCUT2D eigenvalue weighted by atomic mass is 16.5. The molecule has 3 heterocycles. The summed E-state index contributed by atoms with van der Waals surface area (Å²) in [7, 11) is 0. The van der Waals surface area contributed by atoms with E-state index in [1.54, 1.807) is 0 Å². The lowest BCUT2D eigenvalue weighted by Gasteiger charge is -2.33. The van der Waals surface area contributed by atoms with E-state index in [-0.39, 0.29) is 6.92 Å². The predicted octanol–water partition coefficient (Wildman–Crippen LogP) is 9.39. The molecule has 1 aromatic heterocycles. The third-order valence-electron chi connectivity index (χ3n) is 9.48. The molecule has 2 aliphatic heterocycles. The van der Waals surface area contributed by atoms with E-state index in [0.717, 1.165) is 56.1 Å². The van der Waals surface area contributed by atoms with E-state index in [9.17, 15) is 0 Å². The van der Waals surface area contributed by atoms with Gasteiger partial charge in [0.15, 0.2) is 0 Å². The van der Waals surface area contributed by atoms with Gasteiger partial charge in [-0.25, -0.2) is 0 Å². The topological polar surface area (TPSA) is 23.4 Å². The molecule has 2 aliphatic rings. The van der Waals surface area contributed by atoms with Crippen molar-refractivity contribution >= 4 is 39.6 Å². The van der Waals surface area contributed by atoms with E-state index < -0.39 is 0 Å². The molecule has 10 rings (SSSR count). The summed E-state index contributed by atoms with van der Waals surface area (Å²) in [5.74, 6) is 2.56. The van der Waals surface area contributed by atoms with E-state index >= 15 is 0 Å². The van der Waals surface area contributed by atoms with Crippen molar-refractivity contribution in [3.8, 4) is 56.3 Å². The summed E-state index contributed by atoms with van der Waals surface area (Å²) in [4.78, 5) is 0. The summed E-state index contributed by atoms with van der Waals surface area (Å²) in [5, 5.41) is 2.49. The smallest absolute Gasteiger partial charge is 0.434 e. The van der Waals surface area contributed by atoms with Gasteiger partial charge in [-0.3, -0.25) is 0 Å². The summed E-state index contributed by atoms with van der Waals surface area (Å²) in [6, 6.07) is 55.9. The van der Waals surface area contributed by atoms with E-state index in [2.05, 4.69) is 156 Å². The highest BCUT2D eigenvalue weighted by Gasteiger charge is 2.40. The van der Waals surface area contributed by atoms with Gasteiger partial charge in [-0.1, -0.05) is 109 Å². The first kappa shape index (κ1) is 25.3. The molecule has 0 saturated carbocycles. The van der Waals surface area contributed by atoms with Crippen LogP contribution in [0.25, 0.3) is 60.9 Å². The van der Waals surface area contributed by atoms with Gasteiger partial charge in [-0.05, 0) is 70.3 Å². The van der Waals surface area contributed by atoms with Crippen LogP contribution in [0.3, 0.4) is 0 Å². The molecule has 214 valence electrons. The fourth-order valence-electron chi connectivity index (χ4n) is 7.37. The van der Waals surface area contributed by atoms with Crippen LogP contribution in [0.4, 0.5) is 0 Å². The fraction of sp³-hybridized carbons (Fsp3) is 0. The molecule has 8 aromatic rings. The van der Waals surface area contributed by atoms with Gasteiger partial charge in [-0.15, -0.1) is 0 Å². The van der Waals surface area contributed by atoms with Crippen molar-refractivity contribution in [3.05, 3.63) is 158 Å². The van der Waals surface area contributed by atoms with Crippen molar-refractivity contribution in [1.29, 1.82) is 0 Å². The molecule has 0 N–H and O–H groups in total. The molecule has 0 amide bonds. The Morgan fingerprint density at radius 1 is 0.435 bits per heavy atom. The van der Waals surface area contributed by atoms with Crippen LogP contribution in [0.1, 0.15) is 0 Å². The summed E-state index contributed by atoms with van der Waals surface area (Å²) >= 11 is 0. The van der Waals surface area contributed by atoms with Gasteiger partial charge >= 0.3 is 6.92 Å². The summed E-state index contributed by atoms with van der Waals surface area (Å²) in [5.41, 5.74) is 12.5. The van der Waals surface area contributed by atoms with Crippen LogP contribution in [-0.2, 0) is 0 Å². The van der Waals surface area contributed by atoms with Crippen LogP contribution in [0.5, 0.6) is 17.2 Å². The van der Waals surface area contributed by atoms with E-state index in [4.69, 9.17) is 9.39 Å². The third-order valence-corrected chi connectivity index (χ3v) is 9.48. The standard InChI is InChI=1S/C42H26BNO2/c1-2-10-27(11-3-1)28-12-8-13-29(24-28)30-20-23-39-36(25-30)43-42-35(16-9-19-40(42)45-39)34-22-21-31(26-41(34)46-43)44-37-17-6-4-14-32(37)33-15-5-7-18-38(33)44/h1-26H. The molecule has 0 spiro atoms. The molecular weight excluding hydrogens is 561 g/mol. The number of benzene rings is 7. The Morgan fingerprint density at radius 2 is 1.11 bits per heavy atom. The largest absolute Gasteiger partial charge is 0.551 e. The Bertz CT molecular complexity index is 2440. The number of aromatic nitrogens is 1. The summed E-state index contributed by atoms with van der Waals surface area (Å²) in [6.45, 7) is -0.284. The highest BCUT2D eigenvalue weighted by Crippen LogP contribution is 2.42. The van der Waals surface area contributed by atoms with Crippen molar-refractivity contribution in [1.82, 2.24) is 4.57 Å². The number of para-hydroxylation sites is 2. The number of rotatable bonds is 3. The minimum absolute atomic E-state index is 0.284. The van der Waals surface area contributed by atoms with Crippen molar-refractivity contribution < 1.29 is 9.39 Å². The van der Waals surface area contributed by atoms with E-state index in [0.29, 0.717) is 0 Å². The summed E-state index contributed by atoms with van der Waals surface area (Å²) < 4.78 is 15.9. The maximum absolute atomic E-state index is 7.02. The first-order valence-electron chi connectivity index (χ1n) is 15.7. The second-order valence-electron chi connectivity index (χ2n) is 12.1. The molecule has 3 nitrogen and oxygen atoms in total. The lowest BCUT2D eigenvalue weighted by Crippen LogP contribution is -2.53. The zero-order chi connectivity index (χ0) is 30.2. The zero-order valence-corrected chi connectivity index (χ0v) is 24.9. The Hall–Kier alpha value is -6.00. The SMILES string of the molecule is c1ccc(-c2cccc(-c3ccc4c(c3)B3Oc5cc(-n6c7ccccc7c7ccccc76)ccc5-c5cccc(c53)O4)c2)cc1. The van der Waals surface area contributed by atoms with Gasteiger partial charge in [0.1, 0.15) is 17.2 Å². The van der Waals surface area contributed by atoms with Gasteiger partial charge in [0, 0.05) is 39.0 Å². The molecule has 0 aliphatic carbocycles. The molecule has 0 radical (unpaired) electrons. The molecule has 0 atom stereocenters. The Morgan fingerprint density at radius 3 is 1.91 bits per heavy atom. The number of hydrogen-bond acceptors (Lipinski definition) is 2. The lowest BCUT2D eigenvalue weighted by molar-refractivity contribution is 0.479. The molecule has 7 aromatic carbocycles. The molecule has 4 heteroatoms. The maximum Gasteiger partial charge on any atom is 0.434 e. The Labute approximate surface area is 267 Å². The van der Waals surface area contributed by atoms with Crippen LogP contribution >= 0.6 is 0 Å². The zero-order valence-electron chi connectivity index (χ0n) is 24.9. The molecule has 0 fully saturated rings. The minimum Gasteiger partial charge on any atom is -0.551 e. The number of hydrogen-bond donors (Lipinski definition) is 0. The average Bonchev–Trinajstić information content (AvgIpc) is 3.46. The lowest BCUT2D eigenvalue weighted by atomic mass is 9.50. The number of ether oxygens (including phenoxy) is 1. The first-order valence-corrected chi connectivity index (χ1v) is 15.7. The average molecular weight is 587 g/mol.